The normalized spacial score (nSPS) is 16.0. The number of aromatic amines is 1. The van der Waals surface area contributed by atoms with E-state index >= 15 is 0 Å². The lowest BCUT2D eigenvalue weighted by atomic mass is 9.99. The molecule has 0 amide bonds. The monoisotopic (exact) mass is 534 g/mol. The first-order chi connectivity index (χ1) is 18.6. The van der Waals surface area contributed by atoms with Gasteiger partial charge in [0.05, 0.1) is 11.0 Å². The first kappa shape index (κ1) is 31.6. The molecule has 206 valence electrons. The number of pyridine rings is 1. The molecule has 0 aliphatic heterocycles. The molecule has 2 unspecified atom stereocenters. The summed E-state index contributed by atoms with van der Waals surface area (Å²) in [6, 6.07) is 20.2. The Morgan fingerprint density at radius 3 is 1.92 bits per heavy atom. The van der Waals surface area contributed by atoms with Crippen molar-refractivity contribution in [2.75, 3.05) is 6.26 Å². The predicted octanol–water partition coefficient (Wildman–Crippen LogP) is 11.2. The number of nitrogens with one attached hydrogen (secondary N) is 1. The molecule has 1 aliphatic rings. The number of nitrogens with zero attached hydrogens (tertiary/aromatic N) is 1. The van der Waals surface area contributed by atoms with Crippen molar-refractivity contribution in [3.63, 3.8) is 0 Å². The van der Waals surface area contributed by atoms with Crippen LogP contribution in [-0.2, 0) is 6.42 Å². The standard InChI is InChI=1S/C28H29FN2S.3C2H6/c1-3-18-4-5-19(14-18)15-23-16-26-27(30-23)17-25(29)28(31-26)22-8-6-20(7-9-22)21-10-12-24(32-2)13-11-21;3*1-2/h6-13,16-19,30H,3-5,14-15H2,1-2H3;3*1-2H3. The summed E-state index contributed by atoms with van der Waals surface area (Å²) in [5, 5.41) is 0. The molecule has 4 heteroatoms. The Morgan fingerprint density at radius 2 is 1.37 bits per heavy atom. The SMILES string of the molecule is CC.CC.CC.CCC1CCC(Cc2cc3nc(-c4ccc(-c5ccc(SC)cc5)cc4)c(F)cc3[nH]2)C1. The maximum absolute atomic E-state index is 14.9. The van der Waals surface area contributed by atoms with Crippen LogP contribution >= 0.6 is 11.8 Å². The molecule has 2 atom stereocenters. The molecular formula is C34H47FN2S. The van der Waals surface area contributed by atoms with Crippen LogP contribution in [-0.4, -0.2) is 16.2 Å². The number of rotatable bonds is 6. The van der Waals surface area contributed by atoms with Gasteiger partial charge in [0.2, 0.25) is 0 Å². The highest BCUT2D eigenvalue weighted by Crippen LogP contribution is 2.35. The maximum Gasteiger partial charge on any atom is 0.151 e. The largest absolute Gasteiger partial charge is 0.357 e. The molecule has 0 saturated heterocycles. The average molecular weight is 535 g/mol. The smallest absolute Gasteiger partial charge is 0.151 e. The van der Waals surface area contributed by atoms with E-state index in [2.05, 4.69) is 53.5 Å². The minimum absolute atomic E-state index is 0.283. The van der Waals surface area contributed by atoms with Crippen molar-refractivity contribution in [3.05, 3.63) is 72.2 Å². The topological polar surface area (TPSA) is 28.7 Å². The highest BCUT2D eigenvalue weighted by molar-refractivity contribution is 7.98. The van der Waals surface area contributed by atoms with Crippen LogP contribution in [0.5, 0.6) is 0 Å². The Kier molecular flexibility index (Phi) is 13.6. The molecule has 2 aromatic heterocycles. The molecule has 1 N–H and O–H groups in total. The van der Waals surface area contributed by atoms with E-state index in [4.69, 9.17) is 0 Å². The van der Waals surface area contributed by atoms with Crippen molar-refractivity contribution < 1.29 is 4.39 Å². The van der Waals surface area contributed by atoms with E-state index in [-0.39, 0.29) is 5.82 Å². The van der Waals surface area contributed by atoms with E-state index < -0.39 is 0 Å². The molecule has 5 rings (SSSR count). The first-order valence-electron chi connectivity index (χ1n) is 14.6. The Hall–Kier alpha value is -2.59. The zero-order valence-corrected chi connectivity index (χ0v) is 25.5. The van der Waals surface area contributed by atoms with Crippen LogP contribution in [0.25, 0.3) is 33.4 Å². The lowest BCUT2D eigenvalue weighted by molar-refractivity contribution is 0.477. The number of fused-ring (bicyclic) bond motifs is 1. The van der Waals surface area contributed by atoms with E-state index in [1.54, 1.807) is 17.8 Å². The van der Waals surface area contributed by atoms with Gasteiger partial charge in [-0.05, 0) is 66.7 Å². The number of hydrogen-bond acceptors (Lipinski definition) is 2. The van der Waals surface area contributed by atoms with Gasteiger partial charge in [0, 0.05) is 22.2 Å². The summed E-state index contributed by atoms with van der Waals surface area (Å²) in [5.41, 5.74) is 6.31. The summed E-state index contributed by atoms with van der Waals surface area (Å²) < 4.78 is 14.9. The highest BCUT2D eigenvalue weighted by atomic mass is 32.2. The van der Waals surface area contributed by atoms with E-state index in [0.29, 0.717) is 5.69 Å². The molecule has 2 heterocycles. The van der Waals surface area contributed by atoms with Gasteiger partial charge in [-0.2, -0.15) is 0 Å². The van der Waals surface area contributed by atoms with Crippen LogP contribution in [0.3, 0.4) is 0 Å². The van der Waals surface area contributed by atoms with Crippen LogP contribution in [0.4, 0.5) is 4.39 Å². The van der Waals surface area contributed by atoms with Gasteiger partial charge in [0.25, 0.3) is 0 Å². The minimum atomic E-state index is -0.283. The van der Waals surface area contributed by atoms with Crippen LogP contribution in [0.2, 0.25) is 0 Å². The van der Waals surface area contributed by atoms with Gasteiger partial charge in [0.1, 0.15) is 5.69 Å². The summed E-state index contributed by atoms with van der Waals surface area (Å²) in [5.74, 6) is 1.32. The number of benzene rings is 2. The Bertz CT molecular complexity index is 1210. The van der Waals surface area contributed by atoms with E-state index in [9.17, 15) is 4.39 Å². The Balaban J connectivity index is 0.000000791. The average Bonchev–Trinajstić information content (AvgIpc) is 3.62. The van der Waals surface area contributed by atoms with Gasteiger partial charge < -0.3 is 4.98 Å². The van der Waals surface area contributed by atoms with Crippen LogP contribution in [0.1, 0.15) is 79.8 Å². The van der Waals surface area contributed by atoms with Crippen LogP contribution in [0, 0.1) is 17.7 Å². The van der Waals surface area contributed by atoms with Crippen molar-refractivity contribution in [1.82, 2.24) is 9.97 Å². The molecule has 4 aromatic rings. The predicted molar refractivity (Wildman–Crippen MR) is 168 cm³/mol. The van der Waals surface area contributed by atoms with Gasteiger partial charge in [-0.3, -0.25) is 0 Å². The molecule has 0 bridgehead atoms. The quantitative estimate of drug-likeness (QED) is 0.249. The number of H-pyrrole nitrogens is 1. The molecular weight excluding hydrogens is 487 g/mol. The summed E-state index contributed by atoms with van der Waals surface area (Å²) in [4.78, 5) is 9.34. The Morgan fingerprint density at radius 1 is 0.816 bits per heavy atom. The van der Waals surface area contributed by atoms with Crippen molar-refractivity contribution in [1.29, 1.82) is 0 Å². The van der Waals surface area contributed by atoms with Crippen molar-refractivity contribution in [3.8, 4) is 22.4 Å². The molecule has 2 aromatic carbocycles. The zero-order valence-electron chi connectivity index (χ0n) is 24.7. The first-order valence-corrected chi connectivity index (χ1v) is 15.8. The molecule has 1 saturated carbocycles. The fourth-order valence-electron chi connectivity index (χ4n) is 5.05. The summed E-state index contributed by atoms with van der Waals surface area (Å²) in [6.45, 7) is 14.3. The zero-order chi connectivity index (χ0) is 28.1. The van der Waals surface area contributed by atoms with Crippen molar-refractivity contribution in [2.45, 2.75) is 85.5 Å². The molecule has 0 spiro atoms. The van der Waals surface area contributed by atoms with Gasteiger partial charge in [-0.25, -0.2) is 9.37 Å². The summed E-state index contributed by atoms with van der Waals surface area (Å²) in [6.07, 6.45) is 8.34. The number of hydrogen-bond donors (Lipinski definition) is 1. The number of aromatic nitrogens is 2. The van der Waals surface area contributed by atoms with Crippen LogP contribution in [0.15, 0.2) is 65.6 Å². The minimum Gasteiger partial charge on any atom is -0.357 e. The Labute approximate surface area is 234 Å². The van der Waals surface area contributed by atoms with Crippen molar-refractivity contribution in [2.24, 2.45) is 11.8 Å². The summed E-state index contributed by atoms with van der Waals surface area (Å²) in [7, 11) is 0. The lowest BCUT2D eigenvalue weighted by Crippen LogP contribution is -2.00. The van der Waals surface area contributed by atoms with E-state index in [1.807, 2.05) is 65.8 Å². The molecule has 38 heavy (non-hydrogen) atoms. The third-order valence-corrected chi connectivity index (χ3v) is 7.67. The number of halogens is 1. The molecule has 2 nitrogen and oxygen atoms in total. The molecule has 0 radical (unpaired) electrons. The lowest BCUT2D eigenvalue weighted by Gasteiger charge is -2.08. The molecule has 1 fully saturated rings. The second-order valence-electron chi connectivity index (χ2n) is 9.01. The summed E-state index contributed by atoms with van der Waals surface area (Å²) >= 11 is 1.73. The maximum atomic E-state index is 14.9. The third-order valence-electron chi connectivity index (χ3n) is 6.93. The van der Waals surface area contributed by atoms with Gasteiger partial charge in [-0.15, -0.1) is 11.8 Å². The fourth-order valence-corrected chi connectivity index (χ4v) is 5.46. The van der Waals surface area contributed by atoms with Gasteiger partial charge >= 0.3 is 0 Å². The van der Waals surface area contributed by atoms with Gasteiger partial charge in [0.15, 0.2) is 5.82 Å². The second-order valence-corrected chi connectivity index (χ2v) is 9.89. The number of thioether (sulfide) groups is 1. The van der Waals surface area contributed by atoms with E-state index in [1.165, 1.54) is 36.3 Å². The van der Waals surface area contributed by atoms with E-state index in [0.717, 1.165) is 46.0 Å². The third kappa shape index (κ3) is 7.96. The molecule has 1 aliphatic carbocycles. The van der Waals surface area contributed by atoms with Gasteiger partial charge in [-0.1, -0.05) is 97.7 Å². The second kappa shape index (κ2) is 16.4. The highest BCUT2D eigenvalue weighted by Gasteiger charge is 2.24. The van der Waals surface area contributed by atoms with Crippen LogP contribution < -0.4 is 0 Å². The van der Waals surface area contributed by atoms with Crippen molar-refractivity contribution >= 4 is 22.8 Å². The fraction of sp³-hybridized carbons (Fsp3) is 0.441.